The largest absolute Gasteiger partial charge is 0.497 e. The van der Waals surface area contributed by atoms with Crippen molar-refractivity contribution in [1.82, 2.24) is 4.98 Å². The van der Waals surface area contributed by atoms with Gasteiger partial charge in [0.15, 0.2) is 11.6 Å². The maximum atomic E-state index is 5.31. The zero-order valence-electron chi connectivity index (χ0n) is 9.48. The quantitative estimate of drug-likeness (QED) is 0.796. The number of methoxy groups -OCH3 is 2. The van der Waals surface area contributed by atoms with Crippen molar-refractivity contribution in [2.24, 2.45) is 0 Å². The van der Waals surface area contributed by atoms with Crippen LogP contribution in [-0.4, -0.2) is 19.2 Å². The molecule has 1 aromatic carbocycles. The highest BCUT2D eigenvalue weighted by atomic mass is 16.6. The van der Waals surface area contributed by atoms with Crippen molar-refractivity contribution in [3.05, 3.63) is 30.2 Å². The Morgan fingerprint density at radius 3 is 2.31 bits per heavy atom. The van der Waals surface area contributed by atoms with Gasteiger partial charge in [0, 0.05) is 12.5 Å². The molecule has 0 radical (unpaired) electrons. The summed E-state index contributed by atoms with van der Waals surface area (Å²) in [6.07, 6.45) is 0. The van der Waals surface area contributed by atoms with Gasteiger partial charge in [0.1, 0.15) is 5.75 Å². The molecule has 1 heterocycles. The summed E-state index contributed by atoms with van der Waals surface area (Å²) in [5, 5.41) is 0. The van der Waals surface area contributed by atoms with E-state index >= 15 is 0 Å². The van der Waals surface area contributed by atoms with E-state index in [0.717, 1.165) is 11.3 Å². The fourth-order valence-electron chi connectivity index (χ4n) is 1.48. The van der Waals surface area contributed by atoms with Crippen LogP contribution in [0.3, 0.4) is 0 Å². The predicted molar refractivity (Wildman–Crippen MR) is 59.8 cm³/mol. The predicted octanol–water partition coefficient (Wildman–Crippen LogP) is 2.67. The van der Waals surface area contributed by atoms with Crippen LogP contribution >= 0.6 is 0 Å². The lowest BCUT2D eigenvalue weighted by molar-refractivity contribution is 0.299. The van der Waals surface area contributed by atoms with Gasteiger partial charge in [0.05, 0.1) is 14.2 Å². The molecule has 0 saturated heterocycles. The Morgan fingerprint density at radius 1 is 1.06 bits per heavy atom. The zero-order valence-corrected chi connectivity index (χ0v) is 9.48. The van der Waals surface area contributed by atoms with Crippen LogP contribution in [0.25, 0.3) is 11.3 Å². The Hall–Kier alpha value is -1.97. The fraction of sp³-hybridized carbons (Fsp3) is 0.250. The maximum Gasteiger partial charge on any atom is 0.313 e. The molecule has 0 fully saturated rings. The van der Waals surface area contributed by atoms with Crippen molar-refractivity contribution in [2.75, 3.05) is 14.2 Å². The van der Waals surface area contributed by atoms with Crippen LogP contribution in [0, 0.1) is 6.92 Å². The van der Waals surface area contributed by atoms with E-state index in [2.05, 4.69) is 4.98 Å². The summed E-state index contributed by atoms with van der Waals surface area (Å²) >= 11 is 0. The van der Waals surface area contributed by atoms with Crippen LogP contribution in [0.4, 0.5) is 0 Å². The minimum atomic E-state index is 0.433. The molecule has 0 spiro atoms. The van der Waals surface area contributed by atoms with Gasteiger partial charge in [-0.3, -0.25) is 0 Å². The lowest BCUT2D eigenvalue weighted by Crippen LogP contribution is -1.86. The molecule has 0 amide bonds. The summed E-state index contributed by atoms with van der Waals surface area (Å²) in [7, 11) is 3.20. The Balaban J connectivity index is 2.41. The van der Waals surface area contributed by atoms with Crippen LogP contribution in [0.1, 0.15) is 5.89 Å². The number of hydrogen-bond donors (Lipinski definition) is 0. The van der Waals surface area contributed by atoms with Crippen molar-refractivity contribution in [3.63, 3.8) is 0 Å². The number of oxazole rings is 1. The molecule has 4 heteroatoms. The Kier molecular flexibility index (Phi) is 2.81. The highest BCUT2D eigenvalue weighted by Crippen LogP contribution is 2.30. The number of aryl methyl sites for hydroxylation is 1. The molecule has 4 nitrogen and oxygen atoms in total. The second-order valence-corrected chi connectivity index (χ2v) is 3.30. The normalized spacial score (nSPS) is 10.2. The lowest BCUT2D eigenvalue weighted by Gasteiger charge is -2.01. The summed E-state index contributed by atoms with van der Waals surface area (Å²) in [6, 6.07) is 7.58. The van der Waals surface area contributed by atoms with Crippen molar-refractivity contribution in [2.45, 2.75) is 6.92 Å². The maximum absolute atomic E-state index is 5.31. The van der Waals surface area contributed by atoms with Gasteiger partial charge in [-0.25, -0.2) is 4.98 Å². The van der Waals surface area contributed by atoms with Crippen LogP contribution in [0.2, 0.25) is 0 Å². The second kappa shape index (κ2) is 4.26. The van der Waals surface area contributed by atoms with Crippen molar-refractivity contribution >= 4 is 0 Å². The molecule has 0 aliphatic carbocycles. The van der Waals surface area contributed by atoms with Gasteiger partial charge >= 0.3 is 5.95 Å². The van der Waals surface area contributed by atoms with E-state index in [1.165, 1.54) is 0 Å². The molecular weight excluding hydrogens is 206 g/mol. The SMILES string of the molecule is COc1ccc(-c2nc(C)oc2OC)cc1. The Labute approximate surface area is 93.8 Å². The first-order valence-electron chi connectivity index (χ1n) is 4.90. The highest BCUT2D eigenvalue weighted by Gasteiger charge is 2.13. The highest BCUT2D eigenvalue weighted by molar-refractivity contribution is 5.64. The summed E-state index contributed by atoms with van der Waals surface area (Å²) in [4.78, 5) is 4.27. The molecule has 0 unspecified atom stereocenters. The summed E-state index contributed by atoms with van der Waals surface area (Å²) in [5.41, 5.74) is 1.65. The molecule has 0 bridgehead atoms. The van der Waals surface area contributed by atoms with E-state index in [4.69, 9.17) is 13.9 Å². The molecule has 0 saturated carbocycles. The molecular formula is C12H13NO3. The van der Waals surface area contributed by atoms with Gasteiger partial charge in [0.25, 0.3) is 0 Å². The average Bonchev–Trinajstić information content (AvgIpc) is 2.70. The average molecular weight is 219 g/mol. The molecule has 84 valence electrons. The first kappa shape index (κ1) is 10.5. The molecule has 1 aromatic heterocycles. The zero-order chi connectivity index (χ0) is 11.5. The van der Waals surface area contributed by atoms with Crippen molar-refractivity contribution < 1.29 is 13.9 Å². The van der Waals surface area contributed by atoms with Gasteiger partial charge < -0.3 is 13.9 Å². The monoisotopic (exact) mass is 219 g/mol. The first-order valence-corrected chi connectivity index (χ1v) is 4.90. The number of hydrogen-bond acceptors (Lipinski definition) is 4. The van der Waals surface area contributed by atoms with E-state index in [0.29, 0.717) is 17.5 Å². The van der Waals surface area contributed by atoms with E-state index < -0.39 is 0 Å². The lowest BCUT2D eigenvalue weighted by atomic mass is 10.1. The number of benzene rings is 1. The van der Waals surface area contributed by atoms with Gasteiger partial charge in [-0.2, -0.15) is 0 Å². The minimum absolute atomic E-state index is 0.433. The summed E-state index contributed by atoms with van der Waals surface area (Å²) < 4.78 is 15.5. The van der Waals surface area contributed by atoms with Gasteiger partial charge in [-0.1, -0.05) is 0 Å². The van der Waals surface area contributed by atoms with Crippen LogP contribution < -0.4 is 9.47 Å². The number of rotatable bonds is 3. The molecule has 0 atom stereocenters. The van der Waals surface area contributed by atoms with E-state index in [9.17, 15) is 0 Å². The van der Waals surface area contributed by atoms with Gasteiger partial charge in [-0.05, 0) is 24.3 Å². The van der Waals surface area contributed by atoms with Crippen LogP contribution in [0.5, 0.6) is 11.7 Å². The molecule has 0 aliphatic rings. The molecule has 0 N–H and O–H groups in total. The first-order chi connectivity index (χ1) is 7.74. The summed E-state index contributed by atoms with van der Waals surface area (Å²) in [5.74, 6) is 1.83. The third-order valence-electron chi connectivity index (χ3n) is 2.25. The van der Waals surface area contributed by atoms with E-state index in [1.54, 1.807) is 21.1 Å². The van der Waals surface area contributed by atoms with E-state index in [1.807, 2.05) is 24.3 Å². The standard InChI is InChI=1S/C12H13NO3/c1-8-13-11(12(15-3)16-8)9-4-6-10(14-2)7-5-9/h4-7H,1-3H3. The summed E-state index contributed by atoms with van der Waals surface area (Å²) in [6.45, 7) is 1.79. The van der Waals surface area contributed by atoms with Crippen LogP contribution in [0.15, 0.2) is 28.7 Å². The third kappa shape index (κ3) is 1.86. The fourth-order valence-corrected chi connectivity index (χ4v) is 1.48. The molecule has 2 aromatic rings. The molecule has 2 rings (SSSR count). The molecule has 16 heavy (non-hydrogen) atoms. The minimum Gasteiger partial charge on any atom is -0.497 e. The third-order valence-corrected chi connectivity index (χ3v) is 2.25. The number of nitrogens with zero attached hydrogens (tertiary/aromatic N) is 1. The van der Waals surface area contributed by atoms with Crippen molar-refractivity contribution in [1.29, 1.82) is 0 Å². The molecule has 0 aliphatic heterocycles. The Morgan fingerprint density at radius 2 is 1.75 bits per heavy atom. The smallest absolute Gasteiger partial charge is 0.313 e. The van der Waals surface area contributed by atoms with Gasteiger partial charge in [0.2, 0.25) is 0 Å². The van der Waals surface area contributed by atoms with Crippen molar-refractivity contribution in [3.8, 4) is 23.0 Å². The number of ether oxygens (including phenoxy) is 2. The second-order valence-electron chi connectivity index (χ2n) is 3.30. The van der Waals surface area contributed by atoms with Gasteiger partial charge in [-0.15, -0.1) is 0 Å². The Bertz CT molecular complexity index is 474. The topological polar surface area (TPSA) is 44.5 Å². The number of aromatic nitrogens is 1. The van der Waals surface area contributed by atoms with E-state index in [-0.39, 0.29) is 0 Å². The van der Waals surface area contributed by atoms with Crippen LogP contribution in [-0.2, 0) is 0 Å².